The first-order valence-corrected chi connectivity index (χ1v) is 5.55. The number of nitrogens with zero attached hydrogens (tertiary/aromatic N) is 1. The maximum atomic E-state index is 11.8. The molecule has 74 valence electrons. The lowest BCUT2D eigenvalue weighted by Gasteiger charge is -2.19. The highest BCUT2D eigenvalue weighted by atomic mass is 35.5. The Kier molecular flexibility index (Phi) is 2.50. The quantitative estimate of drug-likeness (QED) is 0.625. The lowest BCUT2D eigenvalue weighted by Crippen LogP contribution is -2.34. The molecular formula is C10H16ClNO. The fourth-order valence-electron chi connectivity index (χ4n) is 2.00. The zero-order chi connectivity index (χ0) is 9.42. The smallest absolute Gasteiger partial charge is 0.225 e. The monoisotopic (exact) mass is 201 g/mol. The van der Waals surface area contributed by atoms with E-state index in [-0.39, 0.29) is 11.3 Å². The zero-order valence-electron chi connectivity index (χ0n) is 8.00. The summed E-state index contributed by atoms with van der Waals surface area (Å²) in [5, 5.41) is 0.190. The van der Waals surface area contributed by atoms with Crippen LogP contribution in [0.3, 0.4) is 0 Å². The normalized spacial score (nSPS) is 30.6. The highest BCUT2D eigenvalue weighted by molar-refractivity contribution is 6.21. The molecule has 0 aromatic carbocycles. The minimum atomic E-state index is 0.190. The van der Waals surface area contributed by atoms with E-state index in [2.05, 4.69) is 6.92 Å². The molecule has 1 aliphatic carbocycles. The van der Waals surface area contributed by atoms with E-state index in [1.54, 1.807) is 0 Å². The van der Waals surface area contributed by atoms with Crippen molar-refractivity contribution >= 4 is 17.5 Å². The summed E-state index contributed by atoms with van der Waals surface area (Å²) in [6.45, 7) is 3.68. The van der Waals surface area contributed by atoms with Crippen LogP contribution in [0.2, 0.25) is 0 Å². The SMILES string of the molecule is CC(C(=O)N1CCC(Cl)C1)C1CC1. The summed E-state index contributed by atoms with van der Waals surface area (Å²) in [5.41, 5.74) is 0. The summed E-state index contributed by atoms with van der Waals surface area (Å²) < 4.78 is 0. The lowest BCUT2D eigenvalue weighted by atomic mass is 10.1. The van der Waals surface area contributed by atoms with Gasteiger partial charge in [-0.05, 0) is 25.2 Å². The maximum Gasteiger partial charge on any atom is 0.225 e. The fraction of sp³-hybridized carbons (Fsp3) is 0.900. The largest absolute Gasteiger partial charge is 0.341 e. The Bertz CT molecular complexity index is 215. The number of alkyl halides is 1. The molecule has 2 fully saturated rings. The Morgan fingerprint density at radius 1 is 1.46 bits per heavy atom. The topological polar surface area (TPSA) is 20.3 Å². The van der Waals surface area contributed by atoms with Gasteiger partial charge in [-0.2, -0.15) is 0 Å². The Morgan fingerprint density at radius 2 is 2.15 bits per heavy atom. The van der Waals surface area contributed by atoms with Gasteiger partial charge >= 0.3 is 0 Å². The van der Waals surface area contributed by atoms with Crippen LogP contribution < -0.4 is 0 Å². The first-order valence-electron chi connectivity index (χ1n) is 5.11. The van der Waals surface area contributed by atoms with E-state index in [0.717, 1.165) is 19.5 Å². The predicted molar refractivity (Wildman–Crippen MR) is 52.7 cm³/mol. The second kappa shape index (κ2) is 3.49. The summed E-state index contributed by atoms with van der Waals surface area (Å²) in [7, 11) is 0. The highest BCUT2D eigenvalue weighted by Crippen LogP contribution is 2.37. The molecule has 0 bridgehead atoms. The van der Waals surface area contributed by atoms with Gasteiger partial charge in [0.25, 0.3) is 0 Å². The molecule has 1 saturated heterocycles. The summed E-state index contributed by atoms with van der Waals surface area (Å²) >= 11 is 5.96. The van der Waals surface area contributed by atoms with Crippen molar-refractivity contribution in [2.75, 3.05) is 13.1 Å². The zero-order valence-corrected chi connectivity index (χ0v) is 8.76. The summed E-state index contributed by atoms with van der Waals surface area (Å²) in [6.07, 6.45) is 3.45. The molecular weight excluding hydrogens is 186 g/mol. The van der Waals surface area contributed by atoms with Crippen LogP contribution in [-0.4, -0.2) is 29.3 Å². The minimum absolute atomic E-state index is 0.190. The molecule has 2 rings (SSSR count). The molecule has 2 atom stereocenters. The first-order chi connectivity index (χ1) is 6.18. The number of carbonyl (C=O) groups excluding carboxylic acids is 1. The molecule has 0 spiro atoms. The van der Waals surface area contributed by atoms with Crippen LogP contribution in [0.25, 0.3) is 0 Å². The minimum Gasteiger partial charge on any atom is -0.341 e. The summed E-state index contributed by atoms with van der Waals surface area (Å²) in [4.78, 5) is 13.8. The number of likely N-dealkylation sites (tertiary alicyclic amines) is 1. The van der Waals surface area contributed by atoms with E-state index in [1.165, 1.54) is 12.8 Å². The van der Waals surface area contributed by atoms with Gasteiger partial charge in [-0.15, -0.1) is 11.6 Å². The summed E-state index contributed by atoms with van der Waals surface area (Å²) in [6, 6.07) is 0. The van der Waals surface area contributed by atoms with Crippen LogP contribution >= 0.6 is 11.6 Å². The molecule has 2 nitrogen and oxygen atoms in total. The predicted octanol–water partition coefficient (Wildman–Crippen LogP) is 1.87. The lowest BCUT2D eigenvalue weighted by molar-refractivity contribution is -0.134. The van der Waals surface area contributed by atoms with Crippen LogP contribution in [0.15, 0.2) is 0 Å². The Balaban J connectivity index is 1.88. The molecule has 13 heavy (non-hydrogen) atoms. The van der Waals surface area contributed by atoms with Crippen molar-refractivity contribution in [1.29, 1.82) is 0 Å². The van der Waals surface area contributed by atoms with Crippen molar-refractivity contribution in [2.45, 2.75) is 31.6 Å². The number of hydrogen-bond acceptors (Lipinski definition) is 1. The number of amides is 1. The molecule has 1 aliphatic heterocycles. The number of hydrogen-bond donors (Lipinski definition) is 0. The van der Waals surface area contributed by atoms with E-state index in [0.29, 0.717) is 11.8 Å². The van der Waals surface area contributed by atoms with Gasteiger partial charge in [0.1, 0.15) is 0 Å². The van der Waals surface area contributed by atoms with Crippen molar-refractivity contribution in [3.8, 4) is 0 Å². The summed E-state index contributed by atoms with van der Waals surface area (Å²) in [5.74, 6) is 1.23. The van der Waals surface area contributed by atoms with Gasteiger partial charge in [0.2, 0.25) is 5.91 Å². The molecule has 2 aliphatic rings. The third-order valence-corrected chi connectivity index (χ3v) is 3.52. The Hall–Kier alpha value is -0.240. The number of rotatable bonds is 2. The van der Waals surface area contributed by atoms with Crippen LogP contribution in [-0.2, 0) is 4.79 Å². The fourth-order valence-corrected chi connectivity index (χ4v) is 2.27. The van der Waals surface area contributed by atoms with Gasteiger partial charge in [-0.1, -0.05) is 6.92 Å². The molecule has 0 radical (unpaired) electrons. The molecule has 0 aromatic heterocycles. The number of halogens is 1. The Labute approximate surface area is 84.2 Å². The first kappa shape index (κ1) is 9.32. The van der Waals surface area contributed by atoms with Crippen LogP contribution in [0.5, 0.6) is 0 Å². The second-order valence-electron chi connectivity index (χ2n) is 4.30. The second-order valence-corrected chi connectivity index (χ2v) is 4.91. The van der Waals surface area contributed by atoms with E-state index in [9.17, 15) is 4.79 Å². The van der Waals surface area contributed by atoms with Gasteiger partial charge in [-0.25, -0.2) is 0 Å². The van der Waals surface area contributed by atoms with E-state index < -0.39 is 0 Å². The molecule has 1 amide bonds. The third-order valence-electron chi connectivity index (χ3n) is 3.16. The van der Waals surface area contributed by atoms with Crippen molar-refractivity contribution in [1.82, 2.24) is 4.90 Å². The van der Waals surface area contributed by atoms with Gasteiger partial charge in [-0.3, -0.25) is 4.79 Å². The van der Waals surface area contributed by atoms with E-state index in [1.807, 2.05) is 4.90 Å². The molecule has 0 aromatic rings. The van der Waals surface area contributed by atoms with Crippen LogP contribution in [0, 0.1) is 11.8 Å². The maximum absolute atomic E-state index is 11.8. The van der Waals surface area contributed by atoms with Gasteiger partial charge in [0.05, 0.1) is 5.38 Å². The highest BCUT2D eigenvalue weighted by Gasteiger charge is 2.36. The van der Waals surface area contributed by atoms with Crippen LogP contribution in [0.4, 0.5) is 0 Å². The molecule has 3 heteroatoms. The average Bonchev–Trinajstić information content (AvgIpc) is 2.87. The van der Waals surface area contributed by atoms with Crippen molar-refractivity contribution < 1.29 is 4.79 Å². The van der Waals surface area contributed by atoms with Gasteiger partial charge < -0.3 is 4.90 Å². The van der Waals surface area contributed by atoms with Crippen molar-refractivity contribution in [3.05, 3.63) is 0 Å². The molecule has 1 heterocycles. The third kappa shape index (κ3) is 1.98. The van der Waals surface area contributed by atoms with E-state index in [4.69, 9.17) is 11.6 Å². The Morgan fingerprint density at radius 3 is 2.62 bits per heavy atom. The van der Waals surface area contributed by atoms with Crippen LogP contribution in [0.1, 0.15) is 26.2 Å². The van der Waals surface area contributed by atoms with Crippen molar-refractivity contribution in [3.63, 3.8) is 0 Å². The van der Waals surface area contributed by atoms with Gasteiger partial charge in [0.15, 0.2) is 0 Å². The average molecular weight is 202 g/mol. The molecule has 2 unspecified atom stereocenters. The number of carbonyl (C=O) groups is 1. The molecule has 1 saturated carbocycles. The standard InChI is InChI=1S/C10H16ClNO/c1-7(8-2-3-8)10(13)12-5-4-9(11)6-12/h7-9H,2-6H2,1H3. The van der Waals surface area contributed by atoms with Crippen molar-refractivity contribution in [2.24, 2.45) is 11.8 Å². The van der Waals surface area contributed by atoms with E-state index >= 15 is 0 Å². The van der Waals surface area contributed by atoms with Gasteiger partial charge in [0, 0.05) is 19.0 Å². The molecule has 0 N–H and O–H groups in total.